The number of rotatable bonds is 7. The van der Waals surface area contributed by atoms with Crippen LogP contribution in [0.5, 0.6) is 0 Å². The zero-order valence-electron chi connectivity index (χ0n) is 20.5. The van der Waals surface area contributed by atoms with Crippen LogP contribution in [-0.2, 0) is 0 Å². The van der Waals surface area contributed by atoms with Gasteiger partial charge in [0, 0.05) is 0 Å². The lowest BCUT2D eigenvalue weighted by Gasteiger charge is -2.37. The van der Waals surface area contributed by atoms with E-state index >= 15 is 0 Å². The van der Waals surface area contributed by atoms with Crippen LogP contribution in [0.15, 0.2) is 97.1 Å². The van der Waals surface area contributed by atoms with Crippen molar-refractivity contribution in [2.24, 2.45) is 5.92 Å². The summed E-state index contributed by atoms with van der Waals surface area (Å²) in [4.78, 5) is 0. The van der Waals surface area contributed by atoms with E-state index < -0.39 is 15.8 Å². The molecule has 0 saturated heterocycles. The maximum Gasteiger partial charge on any atom is 0.123 e. The third kappa shape index (κ3) is 5.82. The molecule has 4 aromatic rings. The fourth-order valence-corrected chi connectivity index (χ4v) is 11.9. The van der Waals surface area contributed by atoms with Crippen molar-refractivity contribution < 1.29 is 17.6 Å². The van der Waals surface area contributed by atoms with E-state index in [0.717, 1.165) is 40.5 Å². The Hall–Kier alpha value is -2.54. The van der Waals surface area contributed by atoms with E-state index in [0.29, 0.717) is 11.6 Å². The molecule has 0 bridgehead atoms. The van der Waals surface area contributed by atoms with Crippen LogP contribution < -0.4 is 21.2 Å². The Bertz CT molecular complexity index is 1210. The summed E-state index contributed by atoms with van der Waals surface area (Å²) in [6.45, 7) is 2.27. The third-order valence-corrected chi connectivity index (χ3v) is 13.2. The lowest BCUT2D eigenvalue weighted by molar-refractivity contribution is 0.548. The Morgan fingerprint density at radius 3 is 1.27 bits per heavy atom. The second kappa shape index (κ2) is 11.5. The fraction of sp³-hybridized carbons (Fsp3) is 0.226. The minimum Gasteiger partial charge on any atom is -0.207 e. The van der Waals surface area contributed by atoms with Crippen molar-refractivity contribution in [2.45, 2.75) is 37.5 Å². The van der Waals surface area contributed by atoms with E-state index in [4.69, 9.17) is 0 Å². The number of hydrogen-bond donors (Lipinski definition) is 0. The Morgan fingerprint density at radius 1 is 0.541 bits per heavy atom. The predicted octanol–water partition coefficient (Wildman–Crippen LogP) is 7.37. The van der Waals surface area contributed by atoms with E-state index in [9.17, 15) is 17.6 Å². The Labute approximate surface area is 218 Å². The van der Waals surface area contributed by atoms with Crippen molar-refractivity contribution in [3.8, 4) is 0 Å². The van der Waals surface area contributed by atoms with E-state index in [1.807, 2.05) is 48.5 Å². The second-order valence-corrected chi connectivity index (χ2v) is 14.6. The minimum absolute atomic E-state index is 0.240. The molecule has 0 N–H and O–H groups in total. The zero-order valence-corrected chi connectivity index (χ0v) is 22.3. The molecule has 1 fully saturated rings. The van der Waals surface area contributed by atoms with E-state index in [1.54, 1.807) is 0 Å². The SMILES string of the molecule is CC([C@@H]1CCCC1P(c1ccc(F)cc1)c1ccc(F)cc1)P(c1ccc(F)cc1)c1ccc(F)cc1. The van der Waals surface area contributed by atoms with Crippen LogP contribution in [0, 0.1) is 29.2 Å². The summed E-state index contributed by atoms with van der Waals surface area (Å²) < 4.78 is 55.3. The molecule has 190 valence electrons. The lowest BCUT2D eigenvalue weighted by Crippen LogP contribution is -2.33. The van der Waals surface area contributed by atoms with Gasteiger partial charge in [0.2, 0.25) is 0 Å². The highest BCUT2D eigenvalue weighted by Gasteiger charge is 2.41. The van der Waals surface area contributed by atoms with Gasteiger partial charge in [-0.3, -0.25) is 0 Å². The standard InChI is InChI=1S/C31H28F4P2/c1-21(36(26-13-5-22(32)6-14-26)27-15-7-23(33)8-16-27)30-3-2-4-31(30)37(28-17-9-24(34)10-18-28)29-19-11-25(35)12-20-29/h5-21,30-31H,2-4H2,1H3/t21?,30-,31?/m0/s1. The van der Waals surface area contributed by atoms with Crippen LogP contribution in [0.3, 0.4) is 0 Å². The van der Waals surface area contributed by atoms with Crippen molar-refractivity contribution in [3.05, 3.63) is 120 Å². The van der Waals surface area contributed by atoms with E-state index in [2.05, 4.69) is 6.92 Å². The van der Waals surface area contributed by atoms with Gasteiger partial charge in [0.1, 0.15) is 23.3 Å². The largest absolute Gasteiger partial charge is 0.207 e. The molecule has 3 atom stereocenters. The maximum atomic E-state index is 13.8. The van der Waals surface area contributed by atoms with Crippen molar-refractivity contribution in [1.29, 1.82) is 0 Å². The van der Waals surface area contributed by atoms with Crippen molar-refractivity contribution in [2.75, 3.05) is 0 Å². The van der Waals surface area contributed by atoms with Gasteiger partial charge in [0.15, 0.2) is 0 Å². The summed E-state index contributed by atoms with van der Waals surface area (Å²) in [5.74, 6) is -0.751. The molecule has 1 saturated carbocycles. The van der Waals surface area contributed by atoms with Crippen molar-refractivity contribution in [3.63, 3.8) is 0 Å². The van der Waals surface area contributed by atoms with Crippen LogP contribution in [-0.4, -0.2) is 11.3 Å². The van der Waals surface area contributed by atoms with Gasteiger partial charge < -0.3 is 0 Å². The lowest BCUT2D eigenvalue weighted by atomic mass is 10.0. The molecule has 0 nitrogen and oxygen atoms in total. The van der Waals surface area contributed by atoms with E-state index in [-0.39, 0.29) is 28.9 Å². The summed E-state index contributed by atoms with van der Waals surface area (Å²) in [5, 5.41) is 4.29. The van der Waals surface area contributed by atoms with Crippen molar-refractivity contribution >= 4 is 37.1 Å². The number of benzene rings is 4. The Morgan fingerprint density at radius 2 is 0.892 bits per heavy atom. The molecule has 0 spiro atoms. The Balaban J connectivity index is 1.56. The molecule has 0 heterocycles. The third-order valence-electron chi connectivity index (χ3n) is 7.31. The predicted molar refractivity (Wildman–Crippen MR) is 149 cm³/mol. The summed E-state index contributed by atoms with van der Waals surface area (Å²) in [7, 11) is -1.75. The van der Waals surface area contributed by atoms with Gasteiger partial charge in [-0.15, -0.1) is 0 Å². The van der Waals surface area contributed by atoms with Crippen molar-refractivity contribution in [1.82, 2.24) is 0 Å². The molecule has 6 heteroatoms. The smallest absolute Gasteiger partial charge is 0.123 e. The molecule has 4 aromatic carbocycles. The quantitative estimate of drug-likeness (QED) is 0.170. The monoisotopic (exact) mass is 538 g/mol. The first-order valence-electron chi connectivity index (χ1n) is 12.5. The van der Waals surface area contributed by atoms with Gasteiger partial charge in [0.25, 0.3) is 0 Å². The first-order valence-corrected chi connectivity index (χ1v) is 15.3. The van der Waals surface area contributed by atoms with Crippen LogP contribution >= 0.6 is 15.8 Å². The zero-order chi connectivity index (χ0) is 25.9. The van der Waals surface area contributed by atoms with Crippen LogP contribution in [0.1, 0.15) is 26.2 Å². The maximum absolute atomic E-state index is 13.8. The van der Waals surface area contributed by atoms with Crippen LogP contribution in [0.2, 0.25) is 0 Å². The first-order chi connectivity index (χ1) is 17.9. The van der Waals surface area contributed by atoms with Gasteiger partial charge in [-0.05, 0) is 116 Å². The van der Waals surface area contributed by atoms with Gasteiger partial charge in [-0.25, -0.2) is 17.6 Å². The molecular formula is C31H28F4P2. The number of hydrogen-bond acceptors (Lipinski definition) is 0. The molecule has 1 aliphatic carbocycles. The molecule has 1 aliphatic rings. The number of halogens is 4. The summed E-state index contributed by atoms with van der Waals surface area (Å²) >= 11 is 0. The van der Waals surface area contributed by atoms with Gasteiger partial charge >= 0.3 is 0 Å². The molecule has 5 rings (SSSR count). The van der Waals surface area contributed by atoms with Gasteiger partial charge in [-0.2, -0.15) is 0 Å². The topological polar surface area (TPSA) is 0 Å². The molecule has 37 heavy (non-hydrogen) atoms. The summed E-state index contributed by atoms with van der Waals surface area (Å²) in [6.07, 6.45) is 3.16. The van der Waals surface area contributed by atoms with E-state index in [1.165, 1.54) is 48.5 Å². The summed E-state index contributed by atoms with van der Waals surface area (Å²) in [5.41, 5.74) is 0.566. The molecule has 0 aromatic heterocycles. The first kappa shape index (κ1) is 26.1. The molecule has 2 unspecified atom stereocenters. The highest BCUT2D eigenvalue weighted by Crippen LogP contribution is 2.56. The molecule has 0 aliphatic heterocycles. The normalized spacial score (nSPS) is 18.5. The second-order valence-electron chi connectivity index (χ2n) is 9.55. The molecule has 0 amide bonds. The fourth-order valence-electron chi connectivity index (χ4n) is 5.60. The van der Waals surface area contributed by atoms with Crippen LogP contribution in [0.4, 0.5) is 17.6 Å². The summed E-state index contributed by atoms with van der Waals surface area (Å²) in [6, 6.07) is 26.9. The average molecular weight is 539 g/mol. The average Bonchev–Trinajstić information content (AvgIpc) is 3.38. The Kier molecular flexibility index (Phi) is 8.08. The van der Waals surface area contributed by atoms with Crippen LogP contribution in [0.25, 0.3) is 0 Å². The minimum atomic E-state index is -0.890. The molecular weight excluding hydrogens is 510 g/mol. The highest BCUT2D eigenvalue weighted by molar-refractivity contribution is 7.74. The molecule has 0 radical (unpaired) electrons. The van der Waals surface area contributed by atoms with Gasteiger partial charge in [-0.1, -0.05) is 61.9 Å². The highest BCUT2D eigenvalue weighted by atomic mass is 31.1. The van der Waals surface area contributed by atoms with Gasteiger partial charge in [0.05, 0.1) is 0 Å².